The summed E-state index contributed by atoms with van der Waals surface area (Å²) in [5.41, 5.74) is 0. The fraction of sp³-hybridized carbons (Fsp3) is 0. The van der Waals surface area contributed by atoms with E-state index < -0.39 is 0 Å². The summed E-state index contributed by atoms with van der Waals surface area (Å²) in [6.07, 6.45) is 0. The van der Waals surface area contributed by atoms with Crippen molar-refractivity contribution < 1.29 is 62.4 Å². The van der Waals surface area contributed by atoms with Crippen molar-refractivity contribution in [2.45, 2.75) is 0 Å². The summed E-state index contributed by atoms with van der Waals surface area (Å²) in [4.78, 5) is 0. The summed E-state index contributed by atoms with van der Waals surface area (Å²) in [5.74, 6) is 0. The van der Waals surface area contributed by atoms with E-state index >= 15 is 0 Å². The Hall–Kier alpha value is 1.15. The van der Waals surface area contributed by atoms with Gasteiger partial charge in [0.25, 0.3) is 0 Å². The minimum Gasteiger partial charge on any atom is -0.870 e. The molecule has 0 spiro atoms. The molecule has 0 aliphatic heterocycles. The minimum absolute atomic E-state index is 0. The third-order valence-electron chi connectivity index (χ3n) is 0. The molecule has 0 bridgehead atoms. The van der Waals surface area contributed by atoms with Gasteiger partial charge in [0, 0.05) is 21.1 Å². The number of rotatable bonds is 0. The number of hydrogen-bond acceptors (Lipinski definition) is 2. The molecule has 0 aromatic rings. The van der Waals surface area contributed by atoms with Crippen LogP contribution in [0.25, 0.3) is 0 Å². The molecule has 0 saturated heterocycles. The van der Waals surface area contributed by atoms with Crippen molar-refractivity contribution in [3.63, 3.8) is 0 Å². The molecule has 0 amide bonds. The quantitative estimate of drug-likeness (QED) is 0.447. The molecule has 6 heavy (non-hydrogen) atoms. The summed E-state index contributed by atoms with van der Waals surface area (Å²) in [7, 11) is 0. The van der Waals surface area contributed by atoms with Crippen molar-refractivity contribution in [1.29, 1.82) is 0 Å². The van der Waals surface area contributed by atoms with Crippen LogP contribution in [0.3, 0.4) is 0 Å². The van der Waals surface area contributed by atoms with Crippen LogP contribution in [0.15, 0.2) is 0 Å². The van der Waals surface area contributed by atoms with E-state index in [2.05, 4.69) is 0 Å². The van der Waals surface area contributed by atoms with Gasteiger partial charge in [-0.05, 0) is 0 Å². The molecule has 0 aromatic carbocycles. The predicted octanol–water partition coefficient (Wildman–Crippen LogP) is -2.01. The molecule has 38 valence electrons. The van der Waals surface area contributed by atoms with E-state index in [9.17, 15) is 0 Å². The van der Waals surface area contributed by atoms with Gasteiger partial charge in [-0.3, -0.25) is 0 Å². The van der Waals surface area contributed by atoms with Gasteiger partial charge in [0.1, 0.15) is 0 Å². The summed E-state index contributed by atoms with van der Waals surface area (Å²) < 4.78 is 0. The van der Waals surface area contributed by atoms with Crippen LogP contribution in [0.4, 0.5) is 0 Å². The van der Waals surface area contributed by atoms with Crippen molar-refractivity contribution >= 4 is 0 Å². The molecule has 4 nitrogen and oxygen atoms in total. The van der Waals surface area contributed by atoms with Crippen LogP contribution in [0.5, 0.6) is 0 Å². The fourth-order valence-corrected chi connectivity index (χ4v) is 0. The second kappa shape index (κ2) is 123. The Bertz CT molecular complexity index is 7.51. The van der Waals surface area contributed by atoms with Gasteiger partial charge in [-0.15, -0.1) is 0 Å². The summed E-state index contributed by atoms with van der Waals surface area (Å²) in [6, 6.07) is 0. The first-order valence-corrected chi connectivity index (χ1v) is 0. The van der Waals surface area contributed by atoms with E-state index in [0.717, 1.165) is 0 Å². The van der Waals surface area contributed by atoms with Crippen LogP contribution >= 0.6 is 0 Å². The van der Waals surface area contributed by atoms with Gasteiger partial charge in [0.2, 0.25) is 0 Å². The summed E-state index contributed by atoms with van der Waals surface area (Å²) >= 11 is 0. The second-order valence-corrected chi connectivity index (χ2v) is 0. The van der Waals surface area contributed by atoms with Crippen LogP contribution in [0.1, 0.15) is 0 Å². The molecule has 0 aliphatic rings. The zero-order valence-corrected chi connectivity index (χ0v) is 7.98. The molecule has 0 atom stereocenters. The van der Waals surface area contributed by atoms with Gasteiger partial charge < -0.3 is 21.9 Å². The smallest absolute Gasteiger partial charge is 0.870 e. The molecule has 0 unspecified atom stereocenters. The van der Waals surface area contributed by atoms with Crippen LogP contribution in [0.2, 0.25) is 0 Å². The molecule has 6 N–H and O–H groups in total. The zero-order chi connectivity index (χ0) is 0. The Labute approximate surface area is 62.6 Å². The van der Waals surface area contributed by atoms with Crippen molar-refractivity contribution in [1.82, 2.24) is 0 Å². The third kappa shape index (κ3) is 66.9. The Morgan fingerprint density at radius 1 is 0.667 bits per heavy atom. The maximum atomic E-state index is 0. The van der Waals surface area contributed by atoms with Gasteiger partial charge in [0.05, 0.1) is 0 Å². The van der Waals surface area contributed by atoms with Gasteiger partial charge in [0.15, 0.2) is 0 Å². The average Bonchev–Trinajstić information content (AvgIpc) is 0. The van der Waals surface area contributed by atoms with E-state index in [1.807, 2.05) is 0 Å². The Balaban J connectivity index is 0. The third-order valence-corrected chi connectivity index (χ3v) is 0. The number of hydrogen-bond donors (Lipinski definition) is 0. The first kappa shape index (κ1) is 204. The standard InChI is InChI=1S/Mo.4H2O.Zn/h;4*1H2;/q;;;;;+2/p-2. The van der Waals surface area contributed by atoms with Crippen molar-refractivity contribution in [3.05, 3.63) is 0 Å². The molecule has 0 radical (unpaired) electrons. The van der Waals surface area contributed by atoms with E-state index in [1.165, 1.54) is 0 Å². The molecule has 6 heteroatoms. The van der Waals surface area contributed by atoms with Gasteiger partial charge in [-0.2, -0.15) is 0 Å². The van der Waals surface area contributed by atoms with Gasteiger partial charge in [-0.1, -0.05) is 0 Å². The normalized spacial score (nSPS) is 0. The predicted molar refractivity (Wildman–Crippen MR) is 11.1 cm³/mol. The maximum absolute atomic E-state index is 0. The molecule has 0 fully saturated rings. The van der Waals surface area contributed by atoms with E-state index in [-0.39, 0.29) is 62.4 Å². The van der Waals surface area contributed by atoms with E-state index in [1.54, 1.807) is 0 Å². The largest absolute Gasteiger partial charge is 2.00 e. The molecule has 0 aliphatic carbocycles. The van der Waals surface area contributed by atoms with Gasteiger partial charge >= 0.3 is 19.5 Å². The van der Waals surface area contributed by atoms with Crippen molar-refractivity contribution in [2.24, 2.45) is 0 Å². The summed E-state index contributed by atoms with van der Waals surface area (Å²) in [6.45, 7) is 0. The molecular weight excluding hydrogens is 225 g/mol. The molecule has 0 heterocycles. The molecular formula is H6MoO4Zn. The first-order chi connectivity index (χ1) is 0. The minimum atomic E-state index is 0. The van der Waals surface area contributed by atoms with Gasteiger partial charge in [-0.25, -0.2) is 0 Å². The Morgan fingerprint density at radius 3 is 0.667 bits per heavy atom. The van der Waals surface area contributed by atoms with E-state index in [0.29, 0.717) is 0 Å². The monoisotopic (exact) mass is 232 g/mol. The molecule has 0 rings (SSSR count). The van der Waals surface area contributed by atoms with Crippen LogP contribution < -0.4 is 0 Å². The second-order valence-electron chi connectivity index (χ2n) is 0. The van der Waals surface area contributed by atoms with E-state index in [4.69, 9.17) is 0 Å². The van der Waals surface area contributed by atoms with Crippen molar-refractivity contribution in [2.75, 3.05) is 0 Å². The zero-order valence-electron chi connectivity index (χ0n) is 3.01. The SMILES string of the molecule is O.O.[Mo].[OH-].[OH-].[Zn+2]. The fourth-order valence-electron chi connectivity index (χ4n) is 0. The Kier molecular flexibility index (Phi) is 4190. The Morgan fingerprint density at radius 2 is 0.667 bits per heavy atom. The first-order valence-electron chi connectivity index (χ1n) is 0. The average molecular weight is 231 g/mol. The molecule has 0 saturated carbocycles. The maximum Gasteiger partial charge on any atom is 2.00 e. The van der Waals surface area contributed by atoms with Crippen LogP contribution in [0, 0.1) is 0 Å². The molecule has 0 aromatic heterocycles. The topological polar surface area (TPSA) is 123 Å². The van der Waals surface area contributed by atoms with Crippen LogP contribution in [-0.2, 0) is 40.5 Å². The van der Waals surface area contributed by atoms with Crippen molar-refractivity contribution in [3.8, 4) is 0 Å². The van der Waals surface area contributed by atoms with Crippen LogP contribution in [-0.4, -0.2) is 21.9 Å². The summed E-state index contributed by atoms with van der Waals surface area (Å²) in [5, 5.41) is 0.